The molecule has 0 heterocycles. The third-order valence-corrected chi connectivity index (χ3v) is 5.03. The fraction of sp³-hybridized carbons (Fsp3) is 0.875. The molecule has 1 amide bonds. The summed E-state index contributed by atoms with van der Waals surface area (Å²) < 4.78 is 0. The topological polar surface area (TPSA) is 49.4 Å². The highest BCUT2D eigenvalue weighted by molar-refractivity contribution is 5.82. The van der Waals surface area contributed by atoms with E-state index in [0.717, 1.165) is 25.7 Å². The molecule has 0 aromatic heterocycles. The van der Waals surface area contributed by atoms with E-state index in [1.54, 1.807) is 0 Å². The number of ketones is 1. The van der Waals surface area contributed by atoms with Crippen LogP contribution in [0.1, 0.15) is 64.7 Å². The highest BCUT2D eigenvalue weighted by atomic mass is 16.2. The molecule has 2 rings (SSSR count). The fourth-order valence-electron chi connectivity index (χ4n) is 3.40. The van der Waals surface area contributed by atoms with Crippen molar-refractivity contribution in [1.29, 1.82) is 0 Å². The van der Waals surface area contributed by atoms with Crippen molar-refractivity contribution >= 4 is 11.7 Å². The van der Waals surface area contributed by atoms with Crippen molar-refractivity contribution < 1.29 is 9.59 Å². The Kier molecular flexibility index (Phi) is 5.58. The van der Waals surface area contributed by atoms with E-state index in [2.05, 4.69) is 10.2 Å². The molecule has 0 saturated heterocycles. The molecule has 1 unspecified atom stereocenters. The first-order valence-electron chi connectivity index (χ1n) is 8.12. The Morgan fingerprint density at radius 2 is 1.75 bits per heavy atom. The van der Waals surface area contributed by atoms with Crippen LogP contribution in [-0.4, -0.2) is 41.8 Å². The number of likely N-dealkylation sites (N-methyl/N-ethyl adjacent to an activating group) is 1. The predicted molar refractivity (Wildman–Crippen MR) is 79.5 cm³/mol. The molecule has 2 saturated carbocycles. The zero-order valence-corrected chi connectivity index (χ0v) is 12.9. The highest BCUT2D eigenvalue weighted by Gasteiger charge is 2.29. The van der Waals surface area contributed by atoms with Crippen LogP contribution >= 0.6 is 0 Å². The second-order valence-corrected chi connectivity index (χ2v) is 6.45. The van der Waals surface area contributed by atoms with Gasteiger partial charge in [-0.15, -0.1) is 0 Å². The van der Waals surface area contributed by atoms with Gasteiger partial charge < -0.3 is 5.32 Å². The van der Waals surface area contributed by atoms with Gasteiger partial charge in [-0.3, -0.25) is 14.5 Å². The molecule has 0 bridgehead atoms. The number of rotatable bonds is 4. The van der Waals surface area contributed by atoms with Crippen LogP contribution < -0.4 is 5.32 Å². The first-order valence-corrected chi connectivity index (χ1v) is 8.12. The van der Waals surface area contributed by atoms with Crippen LogP contribution in [-0.2, 0) is 9.59 Å². The first-order chi connectivity index (χ1) is 9.58. The van der Waals surface area contributed by atoms with Crippen molar-refractivity contribution in [2.75, 3.05) is 7.05 Å². The smallest absolute Gasteiger partial charge is 0.237 e. The van der Waals surface area contributed by atoms with Crippen LogP contribution in [0.5, 0.6) is 0 Å². The lowest BCUT2D eigenvalue weighted by atomic mass is 9.92. The van der Waals surface area contributed by atoms with Gasteiger partial charge in [0.2, 0.25) is 5.91 Å². The van der Waals surface area contributed by atoms with Crippen molar-refractivity contribution in [3.05, 3.63) is 0 Å². The Balaban J connectivity index is 1.80. The van der Waals surface area contributed by atoms with Gasteiger partial charge in [0, 0.05) is 24.9 Å². The van der Waals surface area contributed by atoms with Gasteiger partial charge in [-0.1, -0.05) is 19.3 Å². The number of carbonyl (C=O) groups excluding carboxylic acids is 2. The van der Waals surface area contributed by atoms with E-state index < -0.39 is 0 Å². The second kappa shape index (κ2) is 7.21. The minimum absolute atomic E-state index is 0.102. The Morgan fingerprint density at radius 3 is 2.35 bits per heavy atom. The molecule has 4 nitrogen and oxygen atoms in total. The predicted octanol–water partition coefficient (Wildman–Crippen LogP) is 2.27. The molecule has 2 aliphatic rings. The van der Waals surface area contributed by atoms with Gasteiger partial charge in [0.05, 0.1) is 6.04 Å². The highest BCUT2D eigenvalue weighted by Crippen LogP contribution is 2.22. The Morgan fingerprint density at radius 1 is 1.15 bits per heavy atom. The number of Topliss-reactive ketones (excluding diaryl/α,β-unsaturated/α-hetero) is 1. The average Bonchev–Trinajstić information content (AvgIpc) is 2.47. The summed E-state index contributed by atoms with van der Waals surface area (Å²) in [5.41, 5.74) is 0. The van der Waals surface area contributed by atoms with Crippen LogP contribution in [0.4, 0.5) is 0 Å². The number of amides is 1. The summed E-state index contributed by atoms with van der Waals surface area (Å²) in [4.78, 5) is 25.8. The fourth-order valence-corrected chi connectivity index (χ4v) is 3.40. The molecule has 0 aromatic carbocycles. The summed E-state index contributed by atoms with van der Waals surface area (Å²) >= 11 is 0. The largest absolute Gasteiger partial charge is 0.352 e. The summed E-state index contributed by atoms with van der Waals surface area (Å²) in [6.45, 7) is 1.98. The maximum Gasteiger partial charge on any atom is 0.237 e. The minimum Gasteiger partial charge on any atom is -0.352 e. The zero-order valence-electron chi connectivity index (χ0n) is 12.9. The van der Waals surface area contributed by atoms with E-state index in [1.165, 1.54) is 19.3 Å². The Hall–Kier alpha value is -0.900. The summed E-state index contributed by atoms with van der Waals surface area (Å²) in [5, 5.41) is 3.20. The van der Waals surface area contributed by atoms with Crippen LogP contribution in [0, 0.1) is 0 Å². The number of hydrogen-bond donors (Lipinski definition) is 1. The summed E-state index contributed by atoms with van der Waals surface area (Å²) in [7, 11) is 2.02. The maximum absolute atomic E-state index is 12.3. The third kappa shape index (κ3) is 4.05. The lowest BCUT2D eigenvalue weighted by Crippen LogP contribution is -2.51. The van der Waals surface area contributed by atoms with Gasteiger partial charge in [-0.05, 0) is 39.7 Å². The molecular weight excluding hydrogens is 252 g/mol. The minimum atomic E-state index is -0.102. The van der Waals surface area contributed by atoms with Crippen molar-refractivity contribution in [2.24, 2.45) is 0 Å². The quantitative estimate of drug-likeness (QED) is 0.859. The third-order valence-electron chi connectivity index (χ3n) is 5.03. The monoisotopic (exact) mass is 280 g/mol. The van der Waals surface area contributed by atoms with Gasteiger partial charge in [0.15, 0.2) is 0 Å². The Labute approximate surface area is 122 Å². The van der Waals surface area contributed by atoms with Crippen LogP contribution in [0.15, 0.2) is 0 Å². The van der Waals surface area contributed by atoms with Gasteiger partial charge in [-0.25, -0.2) is 0 Å². The van der Waals surface area contributed by atoms with E-state index >= 15 is 0 Å². The summed E-state index contributed by atoms with van der Waals surface area (Å²) in [6.07, 6.45) is 9.17. The molecule has 2 fully saturated rings. The summed E-state index contributed by atoms with van der Waals surface area (Å²) in [5.74, 6) is 0.519. The maximum atomic E-state index is 12.3. The van der Waals surface area contributed by atoms with Crippen molar-refractivity contribution in [2.45, 2.75) is 82.8 Å². The van der Waals surface area contributed by atoms with Crippen LogP contribution in [0.25, 0.3) is 0 Å². The van der Waals surface area contributed by atoms with Gasteiger partial charge >= 0.3 is 0 Å². The van der Waals surface area contributed by atoms with Crippen LogP contribution in [0.3, 0.4) is 0 Å². The second-order valence-electron chi connectivity index (χ2n) is 6.45. The normalized spacial score (nSPS) is 23.9. The summed E-state index contributed by atoms with van der Waals surface area (Å²) in [6, 6.07) is 0.648. The molecule has 114 valence electrons. The Bertz CT molecular complexity index is 340. The van der Waals surface area contributed by atoms with E-state index in [-0.39, 0.29) is 11.9 Å². The SMILES string of the molecule is CC(C(=O)NC1CCCCC1)N(C)C1CCC(=O)CC1. The molecule has 0 aromatic rings. The molecule has 1 atom stereocenters. The van der Waals surface area contributed by atoms with Crippen molar-refractivity contribution in [3.63, 3.8) is 0 Å². The number of nitrogens with one attached hydrogen (secondary N) is 1. The molecule has 2 aliphatic carbocycles. The molecule has 0 radical (unpaired) electrons. The zero-order chi connectivity index (χ0) is 14.5. The van der Waals surface area contributed by atoms with Crippen LogP contribution in [0.2, 0.25) is 0 Å². The standard InChI is InChI=1S/C16H28N2O2/c1-12(16(20)17-13-6-4-3-5-7-13)18(2)14-8-10-15(19)11-9-14/h12-14H,3-11H2,1-2H3,(H,17,20). The van der Waals surface area contributed by atoms with Crippen molar-refractivity contribution in [1.82, 2.24) is 10.2 Å². The number of carbonyl (C=O) groups is 2. The number of nitrogens with zero attached hydrogens (tertiary/aromatic N) is 1. The molecule has 4 heteroatoms. The van der Waals surface area contributed by atoms with E-state index in [4.69, 9.17) is 0 Å². The number of hydrogen-bond acceptors (Lipinski definition) is 3. The molecule has 20 heavy (non-hydrogen) atoms. The van der Waals surface area contributed by atoms with E-state index in [0.29, 0.717) is 30.7 Å². The average molecular weight is 280 g/mol. The van der Waals surface area contributed by atoms with Gasteiger partial charge in [0.25, 0.3) is 0 Å². The molecule has 1 N–H and O–H groups in total. The van der Waals surface area contributed by atoms with Crippen molar-refractivity contribution in [3.8, 4) is 0 Å². The molecule has 0 spiro atoms. The van der Waals surface area contributed by atoms with Gasteiger partial charge in [-0.2, -0.15) is 0 Å². The lowest BCUT2D eigenvalue weighted by Gasteiger charge is -2.35. The first kappa shape index (κ1) is 15.5. The van der Waals surface area contributed by atoms with Gasteiger partial charge in [0.1, 0.15) is 5.78 Å². The van der Waals surface area contributed by atoms with E-state index in [9.17, 15) is 9.59 Å². The lowest BCUT2D eigenvalue weighted by molar-refractivity contribution is -0.127. The van der Waals surface area contributed by atoms with E-state index in [1.807, 2.05) is 14.0 Å². The molecule has 0 aliphatic heterocycles. The molecular formula is C16H28N2O2.